The van der Waals surface area contributed by atoms with Crippen molar-refractivity contribution in [3.63, 3.8) is 0 Å². The molecule has 12 heavy (non-hydrogen) atoms. The van der Waals surface area contributed by atoms with Crippen molar-refractivity contribution in [1.29, 1.82) is 0 Å². The Hall–Kier alpha value is -0.480. The highest BCUT2D eigenvalue weighted by atomic mass is 32.1. The third kappa shape index (κ3) is 2.25. The minimum absolute atomic E-state index is 0.484. The Labute approximate surface area is 77.4 Å². The molecule has 0 bridgehead atoms. The van der Waals surface area contributed by atoms with Crippen LogP contribution in [0.4, 0.5) is 0 Å². The molecule has 0 fully saturated rings. The molecular weight excluding hydrogens is 170 g/mol. The lowest BCUT2D eigenvalue weighted by atomic mass is 10.1. The maximum absolute atomic E-state index is 4.10. The van der Waals surface area contributed by atoms with Gasteiger partial charge in [0.25, 0.3) is 0 Å². The third-order valence-corrected chi connectivity index (χ3v) is 2.40. The molecule has 0 atom stereocenters. The summed E-state index contributed by atoms with van der Waals surface area (Å²) in [6, 6.07) is 0. The predicted molar refractivity (Wildman–Crippen MR) is 51.4 cm³/mol. The Bertz CT molecular complexity index is 232. The van der Waals surface area contributed by atoms with Gasteiger partial charge in [0, 0.05) is 6.54 Å². The first-order valence-electron chi connectivity index (χ1n) is 4.27. The quantitative estimate of drug-likeness (QED) is 0.777. The van der Waals surface area contributed by atoms with E-state index in [1.54, 1.807) is 0 Å². The van der Waals surface area contributed by atoms with E-state index in [1.807, 2.05) is 0 Å². The largest absolute Gasteiger partial charge is 0.312 e. The number of aromatic nitrogens is 2. The van der Waals surface area contributed by atoms with E-state index in [2.05, 4.69) is 35.7 Å². The minimum Gasteiger partial charge on any atom is -0.312 e. The predicted octanol–water partition coefficient (Wildman–Crippen LogP) is 1.77. The first-order chi connectivity index (χ1) is 5.75. The second-order valence-electron chi connectivity index (χ2n) is 3.02. The summed E-state index contributed by atoms with van der Waals surface area (Å²) in [5.41, 5.74) is 1.14. The lowest BCUT2D eigenvalue weighted by Crippen LogP contribution is -2.12. The van der Waals surface area contributed by atoms with E-state index in [0.29, 0.717) is 5.92 Å². The zero-order valence-electron chi connectivity index (χ0n) is 7.79. The van der Waals surface area contributed by atoms with E-state index in [1.165, 1.54) is 16.4 Å². The SMILES string of the molecule is CCNCc1snnc1C(C)C. The highest BCUT2D eigenvalue weighted by Gasteiger charge is 2.10. The number of rotatable bonds is 4. The van der Waals surface area contributed by atoms with E-state index < -0.39 is 0 Å². The van der Waals surface area contributed by atoms with Crippen LogP contribution in [0.2, 0.25) is 0 Å². The molecule has 1 heterocycles. The summed E-state index contributed by atoms with van der Waals surface area (Å²) >= 11 is 1.49. The molecule has 1 N–H and O–H groups in total. The van der Waals surface area contributed by atoms with Gasteiger partial charge in [-0.25, -0.2) is 0 Å². The Morgan fingerprint density at radius 1 is 1.50 bits per heavy atom. The van der Waals surface area contributed by atoms with Crippen molar-refractivity contribution in [2.75, 3.05) is 6.54 Å². The molecule has 1 aromatic heterocycles. The molecule has 0 aliphatic rings. The van der Waals surface area contributed by atoms with Crippen molar-refractivity contribution in [2.45, 2.75) is 33.2 Å². The van der Waals surface area contributed by atoms with Crippen LogP contribution < -0.4 is 5.32 Å². The molecule has 3 nitrogen and oxygen atoms in total. The van der Waals surface area contributed by atoms with Crippen LogP contribution in [0.5, 0.6) is 0 Å². The topological polar surface area (TPSA) is 37.8 Å². The van der Waals surface area contributed by atoms with Gasteiger partial charge in [0.05, 0.1) is 10.6 Å². The van der Waals surface area contributed by atoms with E-state index >= 15 is 0 Å². The lowest BCUT2D eigenvalue weighted by molar-refractivity contribution is 0.711. The van der Waals surface area contributed by atoms with Crippen LogP contribution in [-0.4, -0.2) is 16.1 Å². The van der Waals surface area contributed by atoms with Crippen molar-refractivity contribution in [3.05, 3.63) is 10.6 Å². The Morgan fingerprint density at radius 2 is 2.25 bits per heavy atom. The number of hydrogen-bond acceptors (Lipinski definition) is 4. The van der Waals surface area contributed by atoms with Crippen molar-refractivity contribution >= 4 is 11.5 Å². The zero-order valence-corrected chi connectivity index (χ0v) is 8.61. The summed E-state index contributed by atoms with van der Waals surface area (Å²) in [6.07, 6.45) is 0. The van der Waals surface area contributed by atoms with Crippen LogP contribution in [0.1, 0.15) is 37.3 Å². The van der Waals surface area contributed by atoms with E-state index in [0.717, 1.165) is 18.8 Å². The first-order valence-corrected chi connectivity index (χ1v) is 5.04. The van der Waals surface area contributed by atoms with Crippen molar-refractivity contribution in [3.8, 4) is 0 Å². The maximum atomic E-state index is 4.10. The molecule has 1 rings (SSSR count). The fourth-order valence-electron chi connectivity index (χ4n) is 1.02. The van der Waals surface area contributed by atoms with Gasteiger partial charge < -0.3 is 5.32 Å². The van der Waals surface area contributed by atoms with Crippen LogP contribution >= 0.6 is 11.5 Å². The van der Waals surface area contributed by atoms with Crippen LogP contribution in [0.15, 0.2) is 0 Å². The summed E-state index contributed by atoms with van der Waals surface area (Å²) in [6.45, 7) is 8.29. The Kier molecular flexibility index (Phi) is 3.62. The molecule has 0 amide bonds. The fourth-order valence-corrected chi connectivity index (χ4v) is 1.78. The molecule has 0 aliphatic carbocycles. The highest BCUT2D eigenvalue weighted by Crippen LogP contribution is 2.18. The van der Waals surface area contributed by atoms with Gasteiger partial charge in [0.2, 0.25) is 0 Å². The number of hydrogen-bond donors (Lipinski definition) is 1. The standard InChI is InChI=1S/C8H15N3S/c1-4-9-5-7-8(6(2)3)10-11-12-7/h6,9H,4-5H2,1-3H3. The zero-order chi connectivity index (χ0) is 8.97. The van der Waals surface area contributed by atoms with Gasteiger partial charge in [-0.1, -0.05) is 25.3 Å². The van der Waals surface area contributed by atoms with Gasteiger partial charge in [-0.2, -0.15) is 0 Å². The summed E-state index contributed by atoms with van der Waals surface area (Å²) < 4.78 is 3.95. The monoisotopic (exact) mass is 185 g/mol. The van der Waals surface area contributed by atoms with E-state index in [-0.39, 0.29) is 0 Å². The maximum Gasteiger partial charge on any atom is 0.0826 e. The lowest BCUT2D eigenvalue weighted by Gasteiger charge is -2.03. The molecule has 68 valence electrons. The van der Waals surface area contributed by atoms with Crippen LogP contribution in [0.25, 0.3) is 0 Å². The second-order valence-corrected chi connectivity index (χ2v) is 3.86. The average Bonchev–Trinajstić information content (AvgIpc) is 2.48. The summed E-state index contributed by atoms with van der Waals surface area (Å²) in [4.78, 5) is 1.27. The van der Waals surface area contributed by atoms with Gasteiger partial charge in [-0.3, -0.25) is 0 Å². The minimum atomic E-state index is 0.484. The van der Waals surface area contributed by atoms with Gasteiger partial charge in [0.1, 0.15) is 0 Å². The smallest absolute Gasteiger partial charge is 0.0826 e. The summed E-state index contributed by atoms with van der Waals surface area (Å²) in [7, 11) is 0. The fraction of sp³-hybridized carbons (Fsp3) is 0.750. The van der Waals surface area contributed by atoms with Gasteiger partial charge in [-0.05, 0) is 24.0 Å². The Morgan fingerprint density at radius 3 is 2.83 bits per heavy atom. The molecular formula is C8H15N3S. The number of nitrogens with zero attached hydrogens (tertiary/aromatic N) is 2. The third-order valence-electron chi connectivity index (χ3n) is 1.67. The molecule has 0 aliphatic heterocycles. The highest BCUT2D eigenvalue weighted by molar-refractivity contribution is 7.05. The van der Waals surface area contributed by atoms with Crippen LogP contribution in [-0.2, 0) is 6.54 Å². The number of nitrogens with one attached hydrogen (secondary N) is 1. The molecule has 0 spiro atoms. The average molecular weight is 185 g/mol. The first kappa shape index (κ1) is 9.61. The van der Waals surface area contributed by atoms with Crippen molar-refractivity contribution < 1.29 is 0 Å². The van der Waals surface area contributed by atoms with Crippen LogP contribution in [0, 0.1) is 0 Å². The molecule has 0 aromatic carbocycles. The second kappa shape index (κ2) is 4.52. The van der Waals surface area contributed by atoms with Gasteiger partial charge >= 0.3 is 0 Å². The van der Waals surface area contributed by atoms with Crippen LogP contribution in [0.3, 0.4) is 0 Å². The molecule has 0 saturated heterocycles. The van der Waals surface area contributed by atoms with E-state index in [4.69, 9.17) is 0 Å². The summed E-state index contributed by atoms with van der Waals surface area (Å²) in [5, 5.41) is 7.37. The molecule has 0 radical (unpaired) electrons. The van der Waals surface area contributed by atoms with Gasteiger partial charge in [-0.15, -0.1) is 5.10 Å². The van der Waals surface area contributed by atoms with Crippen molar-refractivity contribution in [2.24, 2.45) is 0 Å². The molecule has 0 unspecified atom stereocenters. The van der Waals surface area contributed by atoms with E-state index in [9.17, 15) is 0 Å². The normalized spacial score (nSPS) is 11.0. The van der Waals surface area contributed by atoms with Crippen molar-refractivity contribution in [1.82, 2.24) is 14.9 Å². The molecule has 0 saturated carbocycles. The summed E-state index contributed by atoms with van der Waals surface area (Å²) in [5.74, 6) is 0.484. The Balaban J connectivity index is 2.64. The molecule has 4 heteroatoms. The molecule has 1 aromatic rings. The van der Waals surface area contributed by atoms with Gasteiger partial charge in [0.15, 0.2) is 0 Å².